The molecule has 2 heterocycles. The molecule has 1 aromatic rings. The molecule has 1 aliphatic heterocycles. The number of aromatic nitrogens is 2. The first-order valence-corrected chi connectivity index (χ1v) is 7.48. The quantitative estimate of drug-likeness (QED) is 0.909. The standard InChI is InChI=1S/C13H17N3O3S/c1-4-11-16(10(6-20-11)13(18)19)12(17)9-5-7(2)14-15-8(9)3/h5,10-11H,4,6H2,1-3H3,(H,18,19). The van der Waals surface area contributed by atoms with E-state index >= 15 is 0 Å². The van der Waals surface area contributed by atoms with Gasteiger partial charge in [0.1, 0.15) is 6.04 Å². The topological polar surface area (TPSA) is 83.4 Å². The zero-order valence-electron chi connectivity index (χ0n) is 11.7. The van der Waals surface area contributed by atoms with Gasteiger partial charge >= 0.3 is 5.97 Å². The monoisotopic (exact) mass is 295 g/mol. The van der Waals surface area contributed by atoms with Crippen LogP contribution in [0.15, 0.2) is 6.07 Å². The molecule has 0 saturated carbocycles. The number of nitrogens with zero attached hydrogens (tertiary/aromatic N) is 3. The Morgan fingerprint density at radius 3 is 2.75 bits per heavy atom. The Bertz CT molecular complexity index is 550. The smallest absolute Gasteiger partial charge is 0.327 e. The lowest BCUT2D eigenvalue weighted by molar-refractivity contribution is -0.141. The summed E-state index contributed by atoms with van der Waals surface area (Å²) in [7, 11) is 0. The molecule has 1 fully saturated rings. The summed E-state index contributed by atoms with van der Waals surface area (Å²) in [4.78, 5) is 25.5. The molecule has 2 atom stereocenters. The third-order valence-corrected chi connectivity index (χ3v) is 4.75. The van der Waals surface area contributed by atoms with Gasteiger partial charge in [0.2, 0.25) is 0 Å². The average molecular weight is 295 g/mol. The van der Waals surface area contributed by atoms with Crippen molar-refractivity contribution in [3.05, 3.63) is 23.0 Å². The number of thioether (sulfide) groups is 1. The van der Waals surface area contributed by atoms with Crippen LogP contribution in [0.4, 0.5) is 0 Å². The van der Waals surface area contributed by atoms with Gasteiger partial charge in [-0.1, -0.05) is 6.92 Å². The van der Waals surface area contributed by atoms with Gasteiger partial charge < -0.3 is 10.0 Å². The molecule has 1 N–H and O–H groups in total. The van der Waals surface area contributed by atoms with Gasteiger partial charge in [0.15, 0.2) is 0 Å². The maximum absolute atomic E-state index is 12.7. The lowest BCUT2D eigenvalue weighted by Crippen LogP contribution is -2.45. The van der Waals surface area contributed by atoms with Crippen molar-refractivity contribution >= 4 is 23.6 Å². The summed E-state index contributed by atoms with van der Waals surface area (Å²) in [6, 6.07) is 0.893. The number of carboxylic acid groups (broad SMARTS) is 1. The van der Waals surface area contributed by atoms with E-state index in [0.717, 1.165) is 6.42 Å². The molecule has 1 aromatic heterocycles. The van der Waals surface area contributed by atoms with Gasteiger partial charge in [-0.25, -0.2) is 4.79 Å². The molecule has 7 heteroatoms. The van der Waals surface area contributed by atoms with E-state index in [-0.39, 0.29) is 11.3 Å². The van der Waals surface area contributed by atoms with Crippen molar-refractivity contribution in [3.63, 3.8) is 0 Å². The van der Waals surface area contributed by atoms with Gasteiger partial charge in [0.05, 0.1) is 22.3 Å². The summed E-state index contributed by atoms with van der Waals surface area (Å²) in [6.45, 7) is 5.42. The molecular weight excluding hydrogens is 278 g/mol. The van der Waals surface area contributed by atoms with Crippen LogP contribution in [0.3, 0.4) is 0 Å². The number of aliphatic carboxylic acids is 1. The molecule has 1 saturated heterocycles. The summed E-state index contributed by atoms with van der Waals surface area (Å²) in [5.41, 5.74) is 1.60. The second-order valence-electron chi connectivity index (χ2n) is 4.75. The van der Waals surface area contributed by atoms with Crippen molar-refractivity contribution in [2.75, 3.05) is 5.75 Å². The maximum Gasteiger partial charge on any atom is 0.327 e. The van der Waals surface area contributed by atoms with Crippen molar-refractivity contribution in [2.45, 2.75) is 38.6 Å². The van der Waals surface area contributed by atoms with Crippen LogP contribution >= 0.6 is 11.8 Å². The second-order valence-corrected chi connectivity index (χ2v) is 5.96. The van der Waals surface area contributed by atoms with Crippen molar-refractivity contribution in [1.29, 1.82) is 0 Å². The molecule has 2 rings (SSSR count). The van der Waals surface area contributed by atoms with Gasteiger partial charge in [-0.15, -0.1) is 11.8 Å². The number of hydrogen-bond acceptors (Lipinski definition) is 5. The Balaban J connectivity index is 2.38. The first-order valence-electron chi connectivity index (χ1n) is 6.43. The number of hydrogen-bond donors (Lipinski definition) is 1. The van der Waals surface area contributed by atoms with Crippen molar-refractivity contribution in [2.24, 2.45) is 0 Å². The van der Waals surface area contributed by atoms with Crippen LogP contribution < -0.4 is 0 Å². The van der Waals surface area contributed by atoms with Gasteiger partial charge in [-0.3, -0.25) is 4.79 Å². The van der Waals surface area contributed by atoms with E-state index in [1.54, 1.807) is 19.9 Å². The van der Waals surface area contributed by atoms with Gasteiger partial charge in [0, 0.05) is 5.75 Å². The third-order valence-electron chi connectivity index (χ3n) is 3.29. The highest BCUT2D eigenvalue weighted by Gasteiger charge is 2.41. The molecular formula is C13H17N3O3S. The number of carbonyl (C=O) groups excluding carboxylic acids is 1. The first kappa shape index (κ1) is 14.8. The molecule has 0 radical (unpaired) electrons. The first-order chi connectivity index (χ1) is 9.45. The van der Waals surface area contributed by atoms with Crippen LogP contribution in [0.2, 0.25) is 0 Å². The summed E-state index contributed by atoms with van der Waals surface area (Å²) in [5.74, 6) is -0.807. The lowest BCUT2D eigenvalue weighted by atomic mass is 10.1. The van der Waals surface area contributed by atoms with Crippen LogP contribution in [0.25, 0.3) is 0 Å². The van der Waals surface area contributed by atoms with Gasteiger partial charge in [-0.2, -0.15) is 10.2 Å². The Kier molecular flexibility index (Phi) is 4.27. The third kappa shape index (κ3) is 2.63. The van der Waals surface area contributed by atoms with E-state index in [4.69, 9.17) is 0 Å². The fourth-order valence-electron chi connectivity index (χ4n) is 2.25. The molecule has 1 aliphatic rings. The number of aryl methyl sites for hydroxylation is 2. The van der Waals surface area contributed by atoms with E-state index in [1.807, 2.05) is 6.92 Å². The summed E-state index contributed by atoms with van der Waals surface area (Å²) < 4.78 is 0. The van der Waals surface area contributed by atoms with Gasteiger partial charge in [0.25, 0.3) is 5.91 Å². The molecule has 108 valence electrons. The lowest BCUT2D eigenvalue weighted by Gasteiger charge is -2.27. The van der Waals surface area contributed by atoms with Crippen LogP contribution in [0.1, 0.15) is 35.1 Å². The molecule has 2 unspecified atom stereocenters. The van der Waals surface area contributed by atoms with Crippen LogP contribution in [0.5, 0.6) is 0 Å². The normalized spacial score (nSPS) is 22.1. The van der Waals surface area contributed by atoms with Crippen molar-refractivity contribution in [1.82, 2.24) is 15.1 Å². The summed E-state index contributed by atoms with van der Waals surface area (Å²) in [5, 5.41) is 17.0. The zero-order chi connectivity index (χ0) is 14.9. The molecule has 20 heavy (non-hydrogen) atoms. The van der Waals surface area contributed by atoms with Crippen LogP contribution in [0, 0.1) is 13.8 Å². The SMILES string of the molecule is CCC1SCC(C(=O)O)N1C(=O)c1cc(C)nnc1C. The molecule has 0 aromatic carbocycles. The number of carbonyl (C=O) groups is 2. The molecule has 1 amide bonds. The number of rotatable bonds is 3. The van der Waals surface area contributed by atoms with E-state index in [2.05, 4.69) is 10.2 Å². The van der Waals surface area contributed by atoms with E-state index in [9.17, 15) is 14.7 Å². The highest BCUT2D eigenvalue weighted by molar-refractivity contribution is 8.00. The minimum Gasteiger partial charge on any atom is -0.480 e. The Labute approximate surface area is 121 Å². The van der Waals surface area contributed by atoms with Gasteiger partial charge in [-0.05, 0) is 26.3 Å². The Morgan fingerprint density at radius 1 is 1.45 bits per heavy atom. The number of carboxylic acids is 1. The Morgan fingerprint density at radius 2 is 2.15 bits per heavy atom. The summed E-state index contributed by atoms with van der Waals surface area (Å²) >= 11 is 1.51. The highest BCUT2D eigenvalue weighted by Crippen LogP contribution is 2.33. The highest BCUT2D eigenvalue weighted by atomic mass is 32.2. The zero-order valence-corrected chi connectivity index (χ0v) is 12.5. The van der Waals surface area contributed by atoms with Crippen LogP contribution in [-0.4, -0.2) is 49.2 Å². The van der Waals surface area contributed by atoms with E-state index < -0.39 is 12.0 Å². The minimum absolute atomic E-state index is 0.100. The van der Waals surface area contributed by atoms with E-state index in [0.29, 0.717) is 22.7 Å². The molecule has 6 nitrogen and oxygen atoms in total. The number of amides is 1. The second kappa shape index (κ2) is 5.78. The fourth-order valence-corrected chi connectivity index (χ4v) is 3.59. The predicted molar refractivity (Wildman–Crippen MR) is 75.6 cm³/mol. The molecule has 0 aliphatic carbocycles. The van der Waals surface area contributed by atoms with Crippen LogP contribution in [-0.2, 0) is 4.79 Å². The van der Waals surface area contributed by atoms with Crippen molar-refractivity contribution < 1.29 is 14.7 Å². The maximum atomic E-state index is 12.7. The van der Waals surface area contributed by atoms with Crippen molar-refractivity contribution in [3.8, 4) is 0 Å². The summed E-state index contributed by atoms with van der Waals surface area (Å²) in [6.07, 6.45) is 0.719. The van der Waals surface area contributed by atoms with E-state index in [1.165, 1.54) is 16.7 Å². The minimum atomic E-state index is -0.960. The predicted octanol–water partition coefficient (Wildman–Crippen LogP) is 1.47. The Hall–Kier alpha value is -1.63. The molecule has 0 spiro atoms. The largest absolute Gasteiger partial charge is 0.480 e. The molecule has 0 bridgehead atoms. The average Bonchev–Trinajstić information content (AvgIpc) is 2.84. The fraction of sp³-hybridized carbons (Fsp3) is 0.538.